The van der Waals surface area contributed by atoms with Crippen molar-refractivity contribution in [2.24, 2.45) is 0 Å². The number of piperazine rings is 1. The Balaban J connectivity index is 2.18. The van der Waals surface area contributed by atoms with E-state index in [1.165, 1.54) is 0 Å². The average Bonchev–Trinajstić information content (AvgIpc) is 2.22. The van der Waals surface area contributed by atoms with Crippen molar-refractivity contribution in [2.75, 3.05) is 24.5 Å². The van der Waals surface area contributed by atoms with Gasteiger partial charge in [-0.2, -0.15) is 0 Å². The monoisotopic (exact) mass is 208 g/mol. The quantitative estimate of drug-likeness (QED) is 0.758. The fraction of sp³-hybridized carbons (Fsp3) is 0.500. The summed E-state index contributed by atoms with van der Waals surface area (Å²) in [6.07, 6.45) is 0. The third-order valence-corrected chi connectivity index (χ3v) is 2.89. The molecule has 1 saturated heterocycles. The standard InChI is InChI=1S/C12H17FN2/c1-9-3-4-11(7-12(9)13)15-6-5-14-10(2)8-15/h3-4,7,10,14H,5-6,8H2,1-2H3. The summed E-state index contributed by atoms with van der Waals surface area (Å²) in [6.45, 7) is 6.81. The Hall–Kier alpha value is -1.09. The van der Waals surface area contributed by atoms with E-state index >= 15 is 0 Å². The molecular formula is C12H17FN2. The number of aryl methyl sites for hydroxylation is 1. The predicted molar refractivity (Wildman–Crippen MR) is 60.8 cm³/mol. The molecule has 1 aliphatic rings. The molecule has 82 valence electrons. The van der Waals surface area contributed by atoms with E-state index in [-0.39, 0.29) is 5.82 Å². The molecule has 0 bridgehead atoms. The molecule has 2 nitrogen and oxygen atoms in total. The SMILES string of the molecule is Cc1ccc(N2CCNC(C)C2)cc1F. The molecule has 0 aliphatic carbocycles. The highest BCUT2D eigenvalue weighted by Crippen LogP contribution is 2.19. The Labute approximate surface area is 90.1 Å². The van der Waals surface area contributed by atoms with E-state index < -0.39 is 0 Å². The number of rotatable bonds is 1. The lowest BCUT2D eigenvalue weighted by molar-refractivity contribution is 0.484. The van der Waals surface area contributed by atoms with Crippen molar-refractivity contribution >= 4 is 5.69 Å². The lowest BCUT2D eigenvalue weighted by atomic mass is 10.1. The highest BCUT2D eigenvalue weighted by atomic mass is 19.1. The molecule has 1 atom stereocenters. The minimum Gasteiger partial charge on any atom is -0.369 e. The van der Waals surface area contributed by atoms with Crippen LogP contribution in [-0.2, 0) is 0 Å². The van der Waals surface area contributed by atoms with Crippen molar-refractivity contribution in [3.05, 3.63) is 29.6 Å². The molecule has 2 rings (SSSR count). The Morgan fingerprint density at radius 3 is 2.93 bits per heavy atom. The van der Waals surface area contributed by atoms with Gasteiger partial charge >= 0.3 is 0 Å². The second-order valence-electron chi connectivity index (χ2n) is 4.23. The summed E-state index contributed by atoms with van der Waals surface area (Å²) in [4.78, 5) is 2.23. The van der Waals surface area contributed by atoms with Gasteiger partial charge in [-0.3, -0.25) is 0 Å². The van der Waals surface area contributed by atoms with E-state index in [4.69, 9.17) is 0 Å². The largest absolute Gasteiger partial charge is 0.369 e. The Bertz CT molecular complexity index is 351. The van der Waals surface area contributed by atoms with Crippen LogP contribution in [0, 0.1) is 12.7 Å². The maximum atomic E-state index is 13.4. The smallest absolute Gasteiger partial charge is 0.128 e. The van der Waals surface area contributed by atoms with E-state index in [1.807, 2.05) is 12.1 Å². The van der Waals surface area contributed by atoms with Crippen LogP contribution in [-0.4, -0.2) is 25.7 Å². The summed E-state index contributed by atoms with van der Waals surface area (Å²) < 4.78 is 13.4. The van der Waals surface area contributed by atoms with E-state index in [1.54, 1.807) is 13.0 Å². The number of anilines is 1. The summed E-state index contributed by atoms with van der Waals surface area (Å²) in [5, 5.41) is 3.37. The Morgan fingerprint density at radius 1 is 1.47 bits per heavy atom. The molecule has 1 fully saturated rings. The zero-order chi connectivity index (χ0) is 10.8. The molecule has 1 unspecified atom stereocenters. The number of benzene rings is 1. The predicted octanol–water partition coefficient (Wildman–Crippen LogP) is 1.93. The summed E-state index contributed by atoms with van der Waals surface area (Å²) in [5.74, 6) is -0.112. The van der Waals surface area contributed by atoms with Gasteiger partial charge in [0.25, 0.3) is 0 Å². The summed E-state index contributed by atoms with van der Waals surface area (Å²) >= 11 is 0. The van der Waals surface area contributed by atoms with Gasteiger partial charge in [0, 0.05) is 31.4 Å². The number of nitrogens with zero attached hydrogens (tertiary/aromatic N) is 1. The molecular weight excluding hydrogens is 191 g/mol. The first-order valence-corrected chi connectivity index (χ1v) is 5.41. The molecule has 3 heteroatoms. The number of hydrogen-bond acceptors (Lipinski definition) is 2. The minimum absolute atomic E-state index is 0.112. The van der Waals surface area contributed by atoms with Gasteiger partial charge in [-0.25, -0.2) is 4.39 Å². The molecule has 0 aromatic heterocycles. The lowest BCUT2D eigenvalue weighted by Gasteiger charge is -2.33. The third-order valence-electron chi connectivity index (χ3n) is 2.89. The zero-order valence-electron chi connectivity index (χ0n) is 9.26. The van der Waals surface area contributed by atoms with E-state index in [0.717, 1.165) is 25.3 Å². The maximum Gasteiger partial charge on any atom is 0.128 e. The van der Waals surface area contributed by atoms with Gasteiger partial charge in [-0.05, 0) is 31.5 Å². The van der Waals surface area contributed by atoms with Gasteiger partial charge in [0.1, 0.15) is 5.82 Å². The summed E-state index contributed by atoms with van der Waals surface area (Å²) in [6, 6.07) is 5.95. The van der Waals surface area contributed by atoms with Gasteiger partial charge in [-0.15, -0.1) is 0 Å². The van der Waals surface area contributed by atoms with Gasteiger partial charge in [0.2, 0.25) is 0 Å². The maximum absolute atomic E-state index is 13.4. The van der Waals surface area contributed by atoms with Crippen molar-refractivity contribution < 1.29 is 4.39 Å². The molecule has 0 spiro atoms. The number of hydrogen-bond donors (Lipinski definition) is 1. The molecule has 1 aromatic rings. The molecule has 0 amide bonds. The first-order chi connectivity index (χ1) is 7.16. The summed E-state index contributed by atoms with van der Waals surface area (Å²) in [7, 11) is 0. The van der Waals surface area contributed by atoms with Crippen LogP contribution < -0.4 is 10.2 Å². The normalized spacial score (nSPS) is 21.8. The van der Waals surface area contributed by atoms with Crippen LogP contribution in [0.5, 0.6) is 0 Å². The molecule has 1 heterocycles. The van der Waals surface area contributed by atoms with Crippen LogP contribution in [0.4, 0.5) is 10.1 Å². The first-order valence-electron chi connectivity index (χ1n) is 5.41. The summed E-state index contributed by atoms with van der Waals surface area (Å²) in [5.41, 5.74) is 1.70. The highest BCUT2D eigenvalue weighted by molar-refractivity contribution is 5.48. The number of nitrogens with one attached hydrogen (secondary N) is 1. The molecule has 1 aromatic carbocycles. The fourth-order valence-corrected chi connectivity index (χ4v) is 1.95. The third kappa shape index (κ3) is 2.29. The molecule has 15 heavy (non-hydrogen) atoms. The van der Waals surface area contributed by atoms with Crippen molar-refractivity contribution in [1.82, 2.24) is 5.32 Å². The number of halogens is 1. The average molecular weight is 208 g/mol. The first kappa shape index (κ1) is 10.4. The Morgan fingerprint density at radius 2 is 2.27 bits per heavy atom. The second kappa shape index (κ2) is 4.19. The highest BCUT2D eigenvalue weighted by Gasteiger charge is 2.16. The van der Waals surface area contributed by atoms with Crippen molar-refractivity contribution in [1.29, 1.82) is 0 Å². The van der Waals surface area contributed by atoms with E-state index in [9.17, 15) is 4.39 Å². The van der Waals surface area contributed by atoms with Gasteiger partial charge in [0.05, 0.1) is 0 Å². The van der Waals surface area contributed by atoms with Crippen LogP contribution >= 0.6 is 0 Å². The minimum atomic E-state index is -0.112. The van der Waals surface area contributed by atoms with Crippen LogP contribution in [0.2, 0.25) is 0 Å². The van der Waals surface area contributed by atoms with Crippen molar-refractivity contribution in [3.8, 4) is 0 Å². The van der Waals surface area contributed by atoms with Gasteiger partial charge in [-0.1, -0.05) is 6.07 Å². The van der Waals surface area contributed by atoms with Crippen LogP contribution in [0.15, 0.2) is 18.2 Å². The van der Waals surface area contributed by atoms with Crippen molar-refractivity contribution in [3.63, 3.8) is 0 Å². The van der Waals surface area contributed by atoms with Crippen LogP contribution in [0.25, 0.3) is 0 Å². The van der Waals surface area contributed by atoms with Crippen molar-refractivity contribution in [2.45, 2.75) is 19.9 Å². The van der Waals surface area contributed by atoms with E-state index in [2.05, 4.69) is 17.1 Å². The second-order valence-corrected chi connectivity index (χ2v) is 4.23. The molecule has 0 radical (unpaired) electrons. The Kier molecular flexibility index (Phi) is 2.91. The molecule has 1 N–H and O–H groups in total. The molecule has 0 saturated carbocycles. The van der Waals surface area contributed by atoms with Crippen LogP contribution in [0.3, 0.4) is 0 Å². The lowest BCUT2D eigenvalue weighted by Crippen LogP contribution is -2.49. The van der Waals surface area contributed by atoms with Crippen LogP contribution in [0.1, 0.15) is 12.5 Å². The molecule has 1 aliphatic heterocycles. The van der Waals surface area contributed by atoms with Gasteiger partial charge in [0.15, 0.2) is 0 Å². The zero-order valence-corrected chi connectivity index (χ0v) is 9.26. The fourth-order valence-electron chi connectivity index (χ4n) is 1.95. The topological polar surface area (TPSA) is 15.3 Å². The van der Waals surface area contributed by atoms with Gasteiger partial charge < -0.3 is 10.2 Å². The van der Waals surface area contributed by atoms with E-state index in [0.29, 0.717) is 11.6 Å².